The second kappa shape index (κ2) is 5.44. The van der Waals surface area contributed by atoms with E-state index in [0.29, 0.717) is 11.1 Å². The number of methoxy groups -OCH3 is 1. The van der Waals surface area contributed by atoms with Crippen molar-refractivity contribution >= 4 is 23.1 Å². The Bertz CT molecular complexity index is 784. The largest absolute Gasteiger partial charge is 0.494 e. The van der Waals surface area contributed by atoms with Gasteiger partial charge in [0, 0.05) is 12.1 Å². The summed E-state index contributed by atoms with van der Waals surface area (Å²) in [6.45, 7) is 0. The Kier molecular flexibility index (Phi) is 3.47. The van der Waals surface area contributed by atoms with Crippen LogP contribution in [0.1, 0.15) is 5.56 Å². The standard InChI is InChI=1S/C17H12FNO3/c1-22-15-9-12(18)7-8-14(15)19-16(20)10-13(17(19)21)11-5-3-2-4-6-11/h2-10H,1H3. The van der Waals surface area contributed by atoms with Gasteiger partial charge in [0.15, 0.2) is 0 Å². The number of rotatable bonds is 3. The Labute approximate surface area is 126 Å². The second-order valence-electron chi connectivity index (χ2n) is 4.72. The highest BCUT2D eigenvalue weighted by Gasteiger charge is 2.34. The zero-order valence-corrected chi connectivity index (χ0v) is 11.7. The Morgan fingerprint density at radius 2 is 1.77 bits per heavy atom. The number of anilines is 1. The predicted octanol–water partition coefficient (Wildman–Crippen LogP) is 2.79. The molecule has 1 aliphatic rings. The van der Waals surface area contributed by atoms with Gasteiger partial charge >= 0.3 is 0 Å². The van der Waals surface area contributed by atoms with Crippen LogP contribution in [0.25, 0.3) is 5.57 Å². The molecular weight excluding hydrogens is 285 g/mol. The average Bonchev–Trinajstić information content (AvgIpc) is 2.83. The molecule has 4 nitrogen and oxygen atoms in total. The number of carbonyl (C=O) groups is 2. The van der Waals surface area contributed by atoms with E-state index in [-0.39, 0.29) is 11.4 Å². The van der Waals surface area contributed by atoms with Gasteiger partial charge in [-0.1, -0.05) is 30.3 Å². The van der Waals surface area contributed by atoms with E-state index in [2.05, 4.69) is 0 Å². The summed E-state index contributed by atoms with van der Waals surface area (Å²) in [5, 5.41) is 0. The van der Waals surface area contributed by atoms with E-state index in [4.69, 9.17) is 4.74 Å². The van der Waals surface area contributed by atoms with Crippen LogP contribution < -0.4 is 9.64 Å². The molecule has 3 rings (SSSR count). The zero-order valence-electron chi connectivity index (χ0n) is 11.7. The maximum absolute atomic E-state index is 13.3. The van der Waals surface area contributed by atoms with Crippen LogP contribution in [0.3, 0.4) is 0 Å². The van der Waals surface area contributed by atoms with Gasteiger partial charge in [0.05, 0.1) is 18.4 Å². The Morgan fingerprint density at radius 1 is 1.05 bits per heavy atom. The molecule has 0 N–H and O–H groups in total. The average molecular weight is 297 g/mol. The maximum atomic E-state index is 13.3. The highest BCUT2D eigenvalue weighted by Crippen LogP contribution is 2.34. The van der Waals surface area contributed by atoms with Gasteiger partial charge in [-0.05, 0) is 17.7 Å². The third kappa shape index (κ3) is 2.26. The smallest absolute Gasteiger partial charge is 0.266 e. The van der Waals surface area contributed by atoms with E-state index in [1.807, 2.05) is 6.07 Å². The van der Waals surface area contributed by atoms with Crippen molar-refractivity contribution in [3.8, 4) is 5.75 Å². The molecule has 0 fully saturated rings. The van der Waals surface area contributed by atoms with Crippen molar-refractivity contribution in [2.24, 2.45) is 0 Å². The molecule has 0 spiro atoms. The molecule has 1 aliphatic heterocycles. The van der Waals surface area contributed by atoms with Crippen molar-refractivity contribution in [1.82, 2.24) is 0 Å². The number of benzene rings is 2. The van der Waals surface area contributed by atoms with Gasteiger partial charge in [-0.15, -0.1) is 0 Å². The van der Waals surface area contributed by atoms with E-state index >= 15 is 0 Å². The molecule has 0 unspecified atom stereocenters. The van der Waals surface area contributed by atoms with Crippen molar-refractivity contribution in [2.45, 2.75) is 0 Å². The third-order valence-corrected chi connectivity index (χ3v) is 3.39. The van der Waals surface area contributed by atoms with Gasteiger partial charge < -0.3 is 4.74 Å². The summed E-state index contributed by atoms with van der Waals surface area (Å²) in [7, 11) is 1.36. The zero-order chi connectivity index (χ0) is 15.7. The number of carbonyl (C=O) groups excluding carboxylic acids is 2. The fourth-order valence-corrected chi connectivity index (χ4v) is 2.36. The van der Waals surface area contributed by atoms with E-state index in [1.165, 1.54) is 25.3 Å². The second-order valence-corrected chi connectivity index (χ2v) is 4.72. The summed E-state index contributed by atoms with van der Waals surface area (Å²) < 4.78 is 18.3. The molecule has 0 atom stereocenters. The van der Waals surface area contributed by atoms with Crippen LogP contribution >= 0.6 is 0 Å². The number of amides is 2. The van der Waals surface area contributed by atoms with E-state index in [0.717, 1.165) is 11.0 Å². The normalized spacial score (nSPS) is 14.3. The minimum absolute atomic E-state index is 0.129. The molecule has 0 radical (unpaired) electrons. The molecule has 0 aromatic heterocycles. The summed E-state index contributed by atoms with van der Waals surface area (Å²) in [6.07, 6.45) is 1.28. The molecule has 2 aromatic rings. The van der Waals surface area contributed by atoms with Gasteiger partial charge in [0.2, 0.25) is 0 Å². The SMILES string of the molecule is COc1cc(F)ccc1N1C(=O)C=C(c2ccccc2)C1=O. The van der Waals surface area contributed by atoms with Crippen molar-refractivity contribution in [3.05, 3.63) is 66.0 Å². The monoisotopic (exact) mass is 297 g/mol. The molecule has 0 aliphatic carbocycles. The van der Waals surface area contributed by atoms with E-state index in [9.17, 15) is 14.0 Å². The van der Waals surface area contributed by atoms with Gasteiger partial charge in [0.1, 0.15) is 11.6 Å². The first-order valence-corrected chi connectivity index (χ1v) is 6.61. The van der Waals surface area contributed by atoms with Gasteiger partial charge in [-0.2, -0.15) is 0 Å². The third-order valence-electron chi connectivity index (χ3n) is 3.39. The maximum Gasteiger partial charge on any atom is 0.266 e. The minimum Gasteiger partial charge on any atom is -0.494 e. The minimum atomic E-state index is -0.504. The van der Waals surface area contributed by atoms with Crippen LogP contribution in [0, 0.1) is 5.82 Å². The fraction of sp³-hybridized carbons (Fsp3) is 0.0588. The Balaban J connectivity index is 2.02. The van der Waals surface area contributed by atoms with Crippen LogP contribution in [0.4, 0.5) is 10.1 Å². The number of imide groups is 1. The van der Waals surface area contributed by atoms with Crippen molar-refractivity contribution in [1.29, 1.82) is 0 Å². The molecule has 5 heteroatoms. The highest BCUT2D eigenvalue weighted by atomic mass is 19.1. The van der Waals surface area contributed by atoms with Crippen LogP contribution in [0.5, 0.6) is 5.75 Å². The topological polar surface area (TPSA) is 46.6 Å². The molecule has 0 saturated carbocycles. The van der Waals surface area contributed by atoms with Gasteiger partial charge in [-0.3, -0.25) is 9.59 Å². The first-order valence-electron chi connectivity index (χ1n) is 6.61. The van der Waals surface area contributed by atoms with E-state index < -0.39 is 17.6 Å². The number of ether oxygens (including phenoxy) is 1. The Hall–Kier alpha value is -2.95. The number of hydrogen-bond acceptors (Lipinski definition) is 3. The molecule has 2 amide bonds. The van der Waals surface area contributed by atoms with Crippen LogP contribution in [-0.4, -0.2) is 18.9 Å². The van der Waals surface area contributed by atoms with Crippen molar-refractivity contribution < 1.29 is 18.7 Å². The van der Waals surface area contributed by atoms with Crippen molar-refractivity contribution in [2.75, 3.05) is 12.0 Å². The lowest BCUT2D eigenvalue weighted by Crippen LogP contribution is -2.31. The lowest BCUT2D eigenvalue weighted by atomic mass is 10.1. The van der Waals surface area contributed by atoms with Gasteiger partial charge in [0.25, 0.3) is 11.8 Å². The molecule has 0 saturated heterocycles. The van der Waals surface area contributed by atoms with Crippen LogP contribution in [-0.2, 0) is 9.59 Å². The summed E-state index contributed by atoms with van der Waals surface area (Å²) in [4.78, 5) is 25.7. The van der Waals surface area contributed by atoms with Crippen LogP contribution in [0.15, 0.2) is 54.6 Å². The lowest BCUT2D eigenvalue weighted by molar-refractivity contribution is -0.119. The Morgan fingerprint density at radius 3 is 2.45 bits per heavy atom. The molecule has 110 valence electrons. The lowest BCUT2D eigenvalue weighted by Gasteiger charge is -2.18. The summed E-state index contributed by atoms with van der Waals surface area (Å²) in [6, 6.07) is 12.6. The predicted molar refractivity (Wildman–Crippen MR) is 79.9 cm³/mol. The number of halogens is 1. The highest BCUT2D eigenvalue weighted by molar-refractivity contribution is 6.43. The van der Waals surface area contributed by atoms with Crippen molar-refractivity contribution in [3.63, 3.8) is 0 Å². The van der Waals surface area contributed by atoms with Crippen LogP contribution in [0.2, 0.25) is 0 Å². The number of hydrogen-bond donors (Lipinski definition) is 0. The molecule has 0 bridgehead atoms. The molecule has 1 heterocycles. The summed E-state index contributed by atoms with van der Waals surface area (Å²) in [5.74, 6) is -1.31. The first kappa shape index (κ1) is 14.0. The summed E-state index contributed by atoms with van der Waals surface area (Å²) in [5.41, 5.74) is 1.18. The molecule has 22 heavy (non-hydrogen) atoms. The fourth-order valence-electron chi connectivity index (χ4n) is 2.36. The molecule has 2 aromatic carbocycles. The molecular formula is C17H12FNO3. The first-order chi connectivity index (χ1) is 10.6. The summed E-state index contributed by atoms with van der Waals surface area (Å²) >= 11 is 0. The van der Waals surface area contributed by atoms with E-state index in [1.54, 1.807) is 24.3 Å². The quantitative estimate of drug-likeness (QED) is 0.818. The number of nitrogens with zero attached hydrogens (tertiary/aromatic N) is 1. The van der Waals surface area contributed by atoms with Gasteiger partial charge in [-0.25, -0.2) is 9.29 Å².